The van der Waals surface area contributed by atoms with Crippen molar-refractivity contribution in [1.82, 2.24) is 5.32 Å². The second kappa shape index (κ2) is 6.36. The van der Waals surface area contributed by atoms with Crippen LogP contribution in [0.2, 0.25) is 0 Å². The van der Waals surface area contributed by atoms with Crippen LogP contribution in [-0.4, -0.2) is 36.3 Å². The van der Waals surface area contributed by atoms with E-state index in [1.807, 2.05) is 0 Å². The molecule has 3 fully saturated rings. The number of rotatable bonds is 4. The van der Waals surface area contributed by atoms with E-state index in [9.17, 15) is 0 Å². The molecule has 1 saturated heterocycles. The molecular weight excluding hydrogens is 254 g/mol. The van der Waals surface area contributed by atoms with E-state index in [1.165, 1.54) is 62.9 Å². The molecule has 19 heavy (non-hydrogen) atoms. The maximum absolute atomic E-state index is 6.05. The van der Waals surface area contributed by atoms with E-state index in [0.717, 1.165) is 18.7 Å². The molecule has 110 valence electrons. The van der Waals surface area contributed by atoms with Gasteiger partial charge in [0.05, 0.1) is 6.10 Å². The first-order valence-electron chi connectivity index (χ1n) is 8.30. The summed E-state index contributed by atoms with van der Waals surface area (Å²) in [5.74, 6) is 2.71. The molecule has 0 amide bonds. The zero-order valence-electron chi connectivity index (χ0n) is 12.3. The highest BCUT2D eigenvalue weighted by atomic mass is 32.2. The molecule has 1 aliphatic heterocycles. The summed E-state index contributed by atoms with van der Waals surface area (Å²) in [6.07, 6.45) is 11.6. The fourth-order valence-corrected chi connectivity index (χ4v) is 5.55. The van der Waals surface area contributed by atoms with E-state index in [4.69, 9.17) is 4.74 Å². The van der Waals surface area contributed by atoms with E-state index in [0.29, 0.717) is 11.5 Å². The SMILES string of the molecule is CCOC1CC(NC2CCSCC2)C12CCCCC2. The molecule has 0 aromatic heterocycles. The minimum Gasteiger partial charge on any atom is -0.378 e. The van der Waals surface area contributed by atoms with Gasteiger partial charge in [0.15, 0.2) is 0 Å². The van der Waals surface area contributed by atoms with Crippen LogP contribution in [0.15, 0.2) is 0 Å². The van der Waals surface area contributed by atoms with Gasteiger partial charge in [-0.2, -0.15) is 11.8 Å². The Labute approximate surface area is 122 Å². The van der Waals surface area contributed by atoms with Crippen molar-refractivity contribution in [3.05, 3.63) is 0 Å². The summed E-state index contributed by atoms with van der Waals surface area (Å²) in [5.41, 5.74) is 0.499. The number of hydrogen-bond acceptors (Lipinski definition) is 3. The molecule has 3 heteroatoms. The zero-order valence-corrected chi connectivity index (χ0v) is 13.1. The third-order valence-electron chi connectivity index (χ3n) is 5.60. The first-order valence-corrected chi connectivity index (χ1v) is 9.46. The lowest BCUT2D eigenvalue weighted by molar-refractivity contribution is -0.152. The molecule has 0 bridgehead atoms. The van der Waals surface area contributed by atoms with E-state index in [1.54, 1.807) is 0 Å². The third-order valence-corrected chi connectivity index (χ3v) is 6.64. The third kappa shape index (κ3) is 2.84. The molecule has 0 aromatic rings. The van der Waals surface area contributed by atoms with Gasteiger partial charge in [0.2, 0.25) is 0 Å². The van der Waals surface area contributed by atoms with Gasteiger partial charge in [-0.1, -0.05) is 19.3 Å². The van der Waals surface area contributed by atoms with Gasteiger partial charge in [0.25, 0.3) is 0 Å². The lowest BCUT2D eigenvalue weighted by Crippen LogP contribution is -2.66. The molecular formula is C16H29NOS. The van der Waals surface area contributed by atoms with Crippen molar-refractivity contribution in [2.75, 3.05) is 18.1 Å². The Balaban J connectivity index is 1.60. The molecule has 2 aliphatic carbocycles. The number of ether oxygens (including phenoxy) is 1. The highest BCUT2D eigenvalue weighted by Crippen LogP contribution is 2.53. The molecule has 2 nitrogen and oxygen atoms in total. The molecule has 0 radical (unpaired) electrons. The first kappa shape index (κ1) is 14.2. The van der Waals surface area contributed by atoms with Gasteiger partial charge in [0, 0.05) is 24.1 Å². The maximum atomic E-state index is 6.05. The molecule has 3 rings (SSSR count). The molecule has 1 N–H and O–H groups in total. The number of nitrogens with one attached hydrogen (secondary N) is 1. The van der Waals surface area contributed by atoms with E-state index < -0.39 is 0 Å². The summed E-state index contributed by atoms with van der Waals surface area (Å²) in [5, 5.41) is 4.01. The topological polar surface area (TPSA) is 21.3 Å². The Morgan fingerprint density at radius 1 is 1.16 bits per heavy atom. The minimum absolute atomic E-state index is 0.499. The van der Waals surface area contributed by atoms with Gasteiger partial charge in [-0.05, 0) is 50.5 Å². The van der Waals surface area contributed by atoms with Crippen LogP contribution in [0.5, 0.6) is 0 Å². The first-order chi connectivity index (χ1) is 9.35. The van der Waals surface area contributed by atoms with Gasteiger partial charge in [-0.25, -0.2) is 0 Å². The average molecular weight is 283 g/mol. The van der Waals surface area contributed by atoms with Crippen molar-refractivity contribution in [3.63, 3.8) is 0 Å². The van der Waals surface area contributed by atoms with Crippen molar-refractivity contribution in [3.8, 4) is 0 Å². The maximum Gasteiger partial charge on any atom is 0.0661 e. The van der Waals surface area contributed by atoms with E-state index in [-0.39, 0.29) is 0 Å². The second-order valence-electron chi connectivity index (χ2n) is 6.58. The predicted octanol–water partition coefficient (Wildman–Crippen LogP) is 3.60. The fourth-order valence-electron chi connectivity index (χ4n) is 4.45. The lowest BCUT2D eigenvalue weighted by atomic mass is 9.55. The van der Waals surface area contributed by atoms with Gasteiger partial charge < -0.3 is 10.1 Å². The Morgan fingerprint density at radius 2 is 1.89 bits per heavy atom. The van der Waals surface area contributed by atoms with Crippen LogP contribution in [0.3, 0.4) is 0 Å². The summed E-state index contributed by atoms with van der Waals surface area (Å²) in [6, 6.07) is 1.53. The highest BCUT2D eigenvalue weighted by Gasteiger charge is 2.55. The van der Waals surface area contributed by atoms with Gasteiger partial charge in [0.1, 0.15) is 0 Å². The lowest BCUT2D eigenvalue weighted by Gasteiger charge is -2.58. The van der Waals surface area contributed by atoms with E-state index in [2.05, 4.69) is 24.0 Å². The summed E-state index contributed by atoms with van der Waals surface area (Å²) in [4.78, 5) is 0. The molecule has 0 aromatic carbocycles. The van der Waals surface area contributed by atoms with Crippen molar-refractivity contribution >= 4 is 11.8 Å². The second-order valence-corrected chi connectivity index (χ2v) is 7.80. The van der Waals surface area contributed by atoms with Crippen molar-refractivity contribution < 1.29 is 4.74 Å². The van der Waals surface area contributed by atoms with Gasteiger partial charge in [-0.3, -0.25) is 0 Å². The Kier molecular flexibility index (Phi) is 4.76. The van der Waals surface area contributed by atoms with Crippen LogP contribution in [-0.2, 0) is 4.74 Å². The summed E-state index contributed by atoms with van der Waals surface area (Å²) >= 11 is 2.12. The Morgan fingerprint density at radius 3 is 2.58 bits per heavy atom. The van der Waals surface area contributed by atoms with Crippen molar-refractivity contribution in [1.29, 1.82) is 0 Å². The summed E-state index contributed by atoms with van der Waals surface area (Å²) < 4.78 is 6.05. The molecule has 1 heterocycles. The Bertz CT molecular complexity index is 284. The van der Waals surface area contributed by atoms with Crippen LogP contribution in [0.1, 0.15) is 58.3 Å². The fraction of sp³-hybridized carbons (Fsp3) is 1.00. The van der Waals surface area contributed by atoms with Gasteiger partial charge >= 0.3 is 0 Å². The van der Waals surface area contributed by atoms with Crippen LogP contribution < -0.4 is 5.32 Å². The van der Waals surface area contributed by atoms with Crippen LogP contribution in [0, 0.1) is 5.41 Å². The molecule has 2 unspecified atom stereocenters. The molecule has 2 atom stereocenters. The van der Waals surface area contributed by atoms with E-state index >= 15 is 0 Å². The quantitative estimate of drug-likeness (QED) is 0.852. The molecule has 2 saturated carbocycles. The smallest absolute Gasteiger partial charge is 0.0661 e. The molecule has 1 spiro atoms. The standard InChI is InChI=1S/C16H29NOS/c1-2-18-15-12-14(16(15)8-4-3-5-9-16)17-13-6-10-19-11-7-13/h13-15,17H,2-12H2,1H3. The highest BCUT2D eigenvalue weighted by molar-refractivity contribution is 7.99. The molecule has 3 aliphatic rings. The summed E-state index contributed by atoms with van der Waals surface area (Å²) in [7, 11) is 0. The zero-order chi connectivity index (χ0) is 13.1. The minimum atomic E-state index is 0.499. The van der Waals surface area contributed by atoms with Crippen LogP contribution >= 0.6 is 11.8 Å². The monoisotopic (exact) mass is 283 g/mol. The largest absolute Gasteiger partial charge is 0.378 e. The summed E-state index contributed by atoms with van der Waals surface area (Å²) in [6.45, 7) is 3.04. The normalized spacial score (nSPS) is 35.2. The van der Waals surface area contributed by atoms with Gasteiger partial charge in [-0.15, -0.1) is 0 Å². The predicted molar refractivity (Wildman–Crippen MR) is 82.8 cm³/mol. The Hall–Kier alpha value is 0.270. The average Bonchev–Trinajstić information content (AvgIpc) is 2.48. The number of thioether (sulfide) groups is 1. The van der Waals surface area contributed by atoms with Crippen LogP contribution in [0.25, 0.3) is 0 Å². The van der Waals surface area contributed by atoms with Crippen LogP contribution in [0.4, 0.5) is 0 Å². The number of hydrogen-bond donors (Lipinski definition) is 1. The van der Waals surface area contributed by atoms with Crippen molar-refractivity contribution in [2.24, 2.45) is 5.41 Å². The van der Waals surface area contributed by atoms with Crippen molar-refractivity contribution in [2.45, 2.75) is 76.5 Å².